The van der Waals surface area contributed by atoms with Crippen LogP contribution in [0.3, 0.4) is 0 Å². The van der Waals surface area contributed by atoms with Crippen molar-refractivity contribution in [1.82, 2.24) is 0 Å². The van der Waals surface area contributed by atoms with Crippen molar-refractivity contribution in [2.45, 2.75) is 0 Å². The average Bonchev–Trinajstić information content (AvgIpc) is 2.26. The minimum Gasteiger partial charge on any atom is -0.493 e. The summed E-state index contributed by atoms with van der Waals surface area (Å²) in [7, 11) is -3.02. The molecule has 0 aliphatic carbocycles. The zero-order valence-corrected chi connectivity index (χ0v) is 10.7. The maximum Gasteiger partial charge on any atom is 0.328 e. The highest BCUT2D eigenvalue weighted by molar-refractivity contribution is 7.90. The predicted molar refractivity (Wildman–Crippen MR) is 68.3 cm³/mol. The van der Waals surface area contributed by atoms with Crippen molar-refractivity contribution >= 4 is 21.9 Å². The number of benzene rings is 1. The van der Waals surface area contributed by atoms with Crippen LogP contribution in [0.1, 0.15) is 5.56 Å². The third-order valence-electron chi connectivity index (χ3n) is 2.02. The van der Waals surface area contributed by atoms with Crippen molar-refractivity contribution in [2.24, 2.45) is 0 Å². The Bertz CT molecular complexity index is 528. The highest BCUT2D eigenvalue weighted by atomic mass is 32.2. The molecule has 0 aromatic heterocycles. The van der Waals surface area contributed by atoms with Gasteiger partial charge in [-0.2, -0.15) is 0 Å². The van der Waals surface area contributed by atoms with Crippen LogP contribution in [0.25, 0.3) is 6.08 Å². The summed E-state index contributed by atoms with van der Waals surface area (Å²) in [5.74, 6) is -0.497. The second kappa shape index (κ2) is 6.20. The van der Waals surface area contributed by atoms with Crippen LogP contribution >= 0.6 is 0 Å². The third-order valence-corrected chi connectivity index (χ3v) is 2.93. The molecule has 0 radical (unpaired) electrons. The Kier molecular flexibility index (Phi) is 4.91. The molecule has 0 bridgehead atoms. The molecule has 1 aromatic rings. The molecule has 0 aliphatic rings. The molecule has 0 unspecified atom stereocenters. The summed E-state index contributed by atoms with van der Waals surface area (Å²) in [4.78, 5) is 10.3. The van der Waals surface area contributed by atoms with E-state index in [1.165, 1.54) is 6.08 Å². The molecule has 6 heteroatoms. The Balaban J connectivity index is 2.53. The van der Waals surface area contributed by atoms with E-state index in [0.29, 0.717) is 5.75 Å². The average molecular weight is 270 g/mol. The minimum absolute atomic E-state index is 0.0341. The Morgan fingerprint density at radius 3 is 2.44 bits per heavy atom. The van der Waals surface area contributed by atoms with E-state index in [2.05, 4.69) is 0 Å². The smallest absolute Gasteiger partial charge is 0.328 e. The van der Waals surface area contributed by atoms with Crippen LogP contribution in [0.4, 0.5) is 0 Å². The van der Waals surface area contributed by atoms with Gasteiger partial charge in [-0.1, -0.05) is 12.1 Å². The summed E-state index contributed by atoms with van der Waals surface area (Å²) in [6, 6.07) is 6.69. The van der Waals surface area contributed by atoms with Crippen molar-refractivity contribution in [2.75, 3.05) is 18.6 Å². The molecule has 1 aromatic carbocycles. The van der Waals surface area contributed by atoms with Crippen LogP contribution in [0.5, 0.6) is 5.75 Å². The Labute approximate surface area is 106 Å². The molecule has 5 nitrogen and oxygen atoms in total. The quantitative estimate of drug-likeness (QED) is 0.786. The van der Waals surface area contributed by atoms with Crippen LogP contribution in [0.15, 0.2) is 30.3 Å². The first-order chi connectivity index (χ1) is 8.37. The summed E-state index contributed by atoms with van der Waals surface area (Å²) >= 11 is 0. The van der Waals surface area contributed by atoms with Gasteiger partial charge < -0.3 is 9.84 Å². The molecular formula is C12H14O5S. The number of carbonyl (C=O) groups is 1. The second-order valence-electron chi connectivity index (χ2n) is 3.72. The number of aliphatic carboxylic acids is 1. The summed E-state index contributed by atoms with van der Waals surface area (Å²) in [5, 5.41) is 8.45. The fourth-order valence-corrected chi connectivity index (χ4v) is 1.54. The van der Waals surface area contributed by atoms with E-state index in [4.69, 9.17) is 9.84 Å². The Morgan fingerprint density at radius 2 is 1.94 bits per heavy atom. The lowest BCUT2D eigenvalue weighted by molar-refractivity contribution is -0.131. The minimum atomic E-state index is -3.02. The summed E-state index contributed by atoms with van der Waals surface area (Å²) in [5.41, 5.74) is 0.730. The normalized spacial score (nSPS) is 11.6. The molecular weight excluding hydrogens is 256 g/mol. The van der Waals surface area contributed by atoms with Gasteiger partial charge in [0.1, 0.15) is 12.4 Å². The molecule has 1 N–H and O–H groups in total. The van der Waals surface area contributed by atoms with E-state index in [-0.39, 0.29) is 12.4 Å². The van der Waals surface area contributed by atoms with Gasteiger partial charge in [0.05, 0.1) is 5.75 Å². The second-order valence-corrected chi connectivity index (χ2v) is 5.98. The highest BCUT2D eigenvalue weighted by Crippen LogP contribution is 2.13. The molecule has 98 valence electrons. The topological polar surface area (TPSA) is 80.7 Å². The first kappa shape index (κ1) is 14.2. The van der Waals surface area contributed by atoms with Crippen LogP contribution in [0, 0.1) is 0 Å². The lowest BCUT2D eigenvalue weighted by Crippen LogP contribution is -2.11. The van der Waals surface area contributed by atoms with Crippen molar-refractivity contribution in [3.8, 4) is 5.75 Å². The molecule has 0 fully saturated rings. The van der Waals surface area contributed by atoms with Gasteiger partial charge in [0.2, 0.25) is 0 Å². The van der Waals surface area contributed by atoms with Crippen molar-refractivity contribution < 1.29 is 23.1 Å². The van der Waals surface area contributed by atoms with E-state index < -0.39 is 15.8 Å². The lowest BCUT2D eigenvalue weighted by atomic mass is 10.2. The molecule has 0 atom stereocenters. The number of hydrogen-bond acceptors (Lipinski definition) is 4. The summed E-state index contributed by atoms with van der Waals surface area (Å²) < 4.78 is 27.0. The molecule has 0 heterocycles. The van der Waals surface area contributed by atoms with Gasteiger partial charge in [-0.3, -0.25) is 0 Å². The number of hydrogen-bond donors (Lipinski definition) is 1. The van der Waals surface area contributed by atoms with E-state index in [1.54, 1.807) is 24.3 Å². The van der Waals surface area contributed by atoms with Gasteiger partial charge in [0.15, 0.2) is 9.84 Å². The standard InChI is InChI=1S/C12H14O5S/c1-18(15,16)9-8-17-11-5-2-10(3-6-11)4-7-12(13)14/h2-7H,8-9H2,1H3,(H,13,14)/b7-4+. The van der Waals surface area contributed by atoms with Gasteiger partial charge >= 0.3 is 5.97 Å². The van der Waals surface area contributed by atoms with E-state index in [1.807, 2.05) is 0 Å². The number of carboxylic acid groups (broad SMARTS) is 1. The van der Waals surface area contributed by atoms with Gasteiger partial charge in [0, 0.05) is 12.3 Å². The zero-order valence-electron chi connectivity index (χ0n) is 9.87. The molecule has 0 aliphatic heterocycles. The van der Waals surface area contributed by atoms with Crippen LogP contribution in [0.2, 0.25) is 0 Å². The summed E-state index contributed by atoms with van der Waals surface area (Å²) in [6.07, 6.45) is 3.65. The summed E-state index contributed by atoms with van der Waals surface area (Å²) in [6.45, 7) is 0.100. The van der Waals surface area contributed by atoms with Crippen LogP contribution in [-0.2, 0) is 14.6 Å². The van der Waals surface area contributed by atoms with Crippen molar-refractivity contribution in [3.63, 3.8) is 0 Å². The monoisotopic (exact) mass is 270 g/mol. The fourth-order valence-electron chi connectivity index (χ4n) is 1.15. The Hall–Kier alpha value is -1.82. The largest absolute Gasteiger partial charge is 0.493 e. The van der Waals surface area contributed by atoms with Gasteiger partial charge in [0.25, 0.3) is 0 Å². The fraction of sp³-hybridized carbons (Fsp3) is 0.250. The molecule has 0 spiro atoms. The number of sulfone groups is 1. The predicted octanol–water partition coefficient (Wildman–Crippen LogP) is 1.21. The number of carboxylic acids is 1. The lowest BCUT2D eigenvalue weighted by Gasteiger charge is -2.05. The first-order valence-electron chi connectivity index (χ1n) is 5.18. The highest BCUT2D eigenvalue weighted by Gasteiger charge is 2.02. The van der Waals surface area contributed by atoms with Crippen LogP contribution in [-0.4, -0.2) is 38.1 Å². The number of rotatable bonds is 6. The molecule has 0 saturated carbocycles. The van der Waals surface area contributed by atoms with Gasteiger partial charge in [-0.05, 0) is 23.8 Å². The van der Waals surface area contributed by atoms with E-state index in [9.17, 15) is 13.2 Å². The first-order valence-corrected chi connectivity index (χ1v) is 7.24. The molecule has 18 heavy (non-hydrogen) atoms. The van der Waals surface area contributed by atoms with Gasteiger partial charge in [-0.25, -0.2) is 13.2 Å². The molecule has 0 amide bonds. The van der Waals surface area contributed by atoms with Crippen molar-refractivity contribution in [1.29, 1.82) is 0 Å². The maximum atomic E-state index is 10.9. The van der Waals surface area contributed by atoms with Crippen molar-refractivity contribution in [3.05, 3.63) is 35.9 Å². The maximum absolute atomic E-state index is 10.9. The number of ether oxygens (including phenoxy) is 1. The third kappa shape index (κ3) is 6.05. The van der Waals surface area contributed by atoms with Crippen LogP contribution < -0.4 is 4.74 Å². The van der Waals surface area contributed by atoms with Gasteiger partial charge in [-0.15, -0.1) is 0 Å². The zero-order chi connectivity index (χ0) is 13.6. The Morgan fingerprint density at radius 1 is 1.33 bits per heavy atom. The molecule has 0 saturated heterocycles. The SMILES string of the molecule is CS(=O)(=O)CCOc1ccc(/C=C/C(=O)O)cc1. The van der Waals surface area contributed by atoms with E-state index >= 15 is 0 Å². The van der Waals surface area contributed by atoms with E-state index in [0.717, 1.165) is 17.9 Å². The molecule has 1 rings (SSSR count).